The topological polar surface area (TPSA) is 85.3 Å². The molecular weight excluding hydrogens is 358 g/mol. The molecule has 0 radical (unpaired) electrons. The van der Waals surface area contributed by atoms with E-state index in [1.54, 1.807) is 12.1 Å². The van der Waals surface area contributed by atoms with Crippen LogP contribution in [0.2, 0.25) is 0 Å². The third-order valence-electron chi connectivity index (χ3n) is 5.43. The number of aryl methyl sites for hydroxylation is 1. The standard InChI is InChI=1S/C18H25NO6S/c1-12-5-7-13(8-6-12)26(21,22)25-17-16(20)15(14-11-23-18(17)24-14)19-9-3-2-4-10-19/h5-8,14-18,20H,2-4,9-11H2,1H3/t14-,15-,16-,17+,18-/m1/s1. The summed E-state index contributed by atoms with van der Waals surface area (Å²) < 4.78 is 42.1. The van der Waals surface area contributed by atoms with Crippen LogP contribution in [-0.4, -0.2) is 68.8 Å². The molecule has 5 atom stereocenters. The molecular formula is C18H25NO6S. The van der Waals surface area contributed by atoms with E-state index in [1.807, 2.05) is 6.92 Å². The molecule has 0 unspecified atom stereocenters. The molecule has 4 rings (SSSR count). The zero-order valence-corrected chi connectivity index (χ0v) is 15.6. The minimum absolute atomic E-state index is 0.0601. The SMILES string of the molecule is Cc1ccc(S(=O)(=O)O[C@@H]2[C@@H]3OC[C@@H](O3)[C@@H](N3CCCCC3)[C@H]2O)cc1. The lowest BCUT2D eigenvalue weighted by Gasteiger charge is -2.44. The first-order valence-corrected chi connectivity index (χ1v) is 10.6. The van der Waals surface area contributed by atoms with E-state index >= 15 is 0 Å². The summed E-state index contributed by atoms with van der Waals surface area (Å²) in [7, 11) is -4.03. The number of hydrogen-bond acceptors (Lipinski definition) is 7. The van der Waals surface area contributed by atoms with Gasteiger partial charge in [-0.05, 0) is 45.0 Å². The molecule has 26 heavy (non-hydrogen) atoms. The van der Waals surface area contributed by atoms with Crippen LogP contribution in [0.3, 0.4) is 0 Å². The fraction of sp³-hybridized carbons (Fsp3) is 0.667. The van der Waals surface area contributed by atoms with Crippen LogP contribution in [0, 0.1) is 6.92 Å². The van der Waals surface area contributed by atoms with E-state index in [9.17, 15) is 13.5 Å². The first-order valence-electron chi connectivity index (χ1n) is 9.15. The van der Waals surface area contributed by atoms with Crippen molar-refractivity contribution in [2.75, 3.05) is 19.7 Å². The average Bonchev–Trinajstić information content (AvgIpc) is 3.06. The third kappa shape index (κ3) is 3.42. The van der Waals surface area contributed by atoms with E-state index in [1.165, 1.54) is 18.6 Å². The number of fused-ring (bicyclic) bond motifs is 2. The summed E-state index contributed by atoms with van der Waals surface area (Å²) in [5, 5.41) is 10.9. The van der Waals surface area contributed by atoms with Crippen LogP contribution in [0.5, 0.6) is 0 Å². The molecule has 3 fully saturated rings. The Morgan fingerprint density at radius 3 is 2.54 bits per heavy atom. The Morgan fingerprint density at radius 2 is 1.85 bits per heavy atom. The van der Waals surface area contributed by atoms with Gasteiger partial charge in [-0.15, -0.1) is 0 Å². The summed E-state index contributed by atoms with van der Waals surface area (Å²) in [4.78, 5) is 2.24. The van der Waals surface area contributed by atoms with Crippen LogP contribution in [0.25, 0.3) is 0 Å². The number of ether oxygens (including phenoxy) is 2. The summed E-state index contributed by atoms with van der Waals surface area (Å²) in [6.07, 6.45) is 0.116. The fourth-order valence-electron chi connectivity index (χ4n) is 4.04. The number of aliphatic hydroxyl groups is 1. The van der Waals surface area contributed by atoms with Crippen LogP contribution in [0.15, 0.2) is 29.2 Å². The van der Waals surface area contributed by atoms with Crippen molar-refractivity contribution >= 4 is 10.1 Å². The number of likely N-dealkylation sites (tertiary alicyclic amines) is 1. The Bertz CT molecular complexity index is 731. The molecule has 0 aromatic heterocycles. The number of nitrogens with zero attached hydrogens (tertiary/aromatic N) is 1. The van der Waals surface area contributed by atoms with Gasteiger partial charge < -0.3 is 14.6 Å². The molecule has 0 amide bonds. The molecule has 3 aliphatic heterocycles. The number of benzene rings is 1. The molecule has 0 aliphatic carbocycles. The Morgan fingerprint density at radius 1 is 1.15 bits per heavy atom. The zero-order valence-electron chi connectivity index (χ0n) is 14.8. The minimum atomic E-state index is -4.03. The maximum Gasteiger partial charge on any atom is 0.297 e. The summed E-state index contributed by atoms with van der Waals surface area (Å²) in [5.41, 5.74) is 0.956. The first-order chi connectivity index (χ1) is 12.5. The van der Waals surface area contributed by atoms with Gasteiger partial charge in [-0.2, -0.15) is 8.42 Å². The molecule has 0 saturated carbocycles. The van der Waals surface area contributed by atoms with Crippen molar-refractivity contribution in [3.05, 3.63) is 29.8 Å². The number of hydrogen-bond donors (Lipinski definition) is 1. The van der Waals surface area contributed by atoms with E-state index in [0.29, 0.717) is 6.61 Å². The van der Waals surface area contributed by atoms with Crippen molar-refractivity contribution in [1.82, 2.24) is 4.90 Å². The highest BCUT2D eigenvalue weighted by atomic mass is 32.2. The zero-order chi connectivity index (χ0) is 18.3. The van der Waals surface area contributed by atoms with Gasteiger partial charge in [0.25, 0.3) is 10.1 Å². The molecule has 1 aromatic rings. The Hall–Kier alpha value is -1.03. The van der Waals surface area contributed by atoms with Crippen LogP contribution in [0.4, 0.5) is 0 Å². The highest BCUT2D eigenvalue weighted by molar-refractivity contribution is 7.86. The number of rotatable bonds is 4. The lowest BCUT2D eigenvalue weighted by molar-refractivity contribution is -0.208. The summed E-state index contributed by atoms with van der Waals surface area (Å²) in [6.45, 7) is 3.95. The second-order valence-electron chi connectivity index (χ2n) is 7.28. The molecule has 1 N–H and O–H groups in total. The molecule has 1 aromatic carbocycles. The second-order valence-corrected chi connectivity index (χ2v) is 8.85. The Labute approximate surface area is 154 Å². The molecule has 144 valence electrons. The highest BCUT2D eigenvalue weighted by Gasteiger charge is 2.54. The van der Waals surface area contributed by atoms with Gasteiger partial charge in [-0.1, -0.05) is 24.1 Å². The van der Waals surface area contributed by atoms with Crippen LogP contribution in [0.1, 0.15) is 24.8 Å². The predicted octanol–water partition coefficient (Wildman–Crippen LogP) is 1.04. The molecule has 2 bridgehead atoms. The molecule has 3 saturated heterocycles. The maximum absolute atomic E-state index is 12.7. The minimum Gasteiger partial charge on any atom is -0.388 e. The number of aliphatic hydroxyl groups excluding tert-OH is 1. The Kier molecular flexibility index (Phi) is 5.06. The smallest absolute Gasteiger partial charge is 0.297 e. The average molecular weight is 383 g/mol. The maximum atomic E-state index is 12.7. The molecule has 0 spiro atoms. The fourth-order valence-corrected chi connectivity index (χ4v) is 5.12. The van der Waals surface area contributed by atoms with Crippen molar-refractivity contribution in [2.24, 2.45) is 0 Å². The van der Waals surface area contributed by atoms with Gasteiger partial charge in [0, 0.05) is 0 Å². The largest absolute Gasteiger partial charge is 0.388 e. The van der Waals surface area contributed by atoms with Crippen LogP contribution in [-0.2, 0) is 23.8 Å². The van der Waals surface area contributed by atoms with E-state index in [2.05, 4.69) is 4.90 Å². The predicted molar refractivity (Wildman–Crippen MR) is 93.1 cm³/mol. The first kappa shape index (κ1) is 18.3. The second kappa shape index (κ2) is 7.18. The molecule has 3 aliphatic rings. The van der Waals surface area contributed by atoms with Crippen molar-refractivity contribution in [1.29, 1.82) is 0 Å². The van der Waals surface area contributed by atoms with Crippen molar-refractivity contribution in [3.63, 3.8) is 0 Å². The van der Waals surface area contributed by atoms with Gasteiger partial charge in [0.15, 0.2) is 12.4 Å². The van der Waals surface area contributed by atoms with Gasteiger partial charge in [0.2, 0.25) is 0 Å². The van der Waals surface area contributed by atoms with Gasteiger partial charge >= 0.3 is 0 Å². The Balaban J connectivity index is 1.56. The van der Waals surface area contributed by atoms with Crippen molar-refractivity contribution in [3.8, 4) is 0 Å². The van der Waals surface area contributed by atoms with E-state index < -0.39 is 28.6 Å². The van der Waals surface area contributed by atoms with E-state index in [4.69, 9.17) is 13.7 Å². The van der Waals surface area contributed by atoms with Gasteiger partial charge in [0.05, 0.1) is 17.5 Å². The van der Waals surface area contributed by atoms with Crippen molar-refractivity contribution < 1.29 is 27.2 Å². The van der Waals surface area contributed by atoms with Crippen molar-refractivity contribution in [2.45, 2.75) is 61.7 Å². The van der Waals surface area contributed by atoms with E-state index in [0.717, 1.165) is 31.5 Å². The lowest BCUT2D eigenvalue weighted by Crippen LogP contribution is -2.62. The summed E-state index contributed by atoms with van der Waals surface area (Å²) in [5.74, 6) is 0. The lowest BCUT2D eigenvalue weighted by atomic mass is 9.94. The van der Waals surface area contributed by atoms with Gasteiger partial charge in [-0.3, -0.25) is 9.08 Å². The quantitative estimate of drug-likeness (QED) is 0.778. The highest BCUT2D eigenvalue weighted by Crippen LogP contribution is 2.35. The van der Waals surface area contributed by atoms with Crippen LogP contribution < -0.4 is 0 Å². The third-order valence-corrected chi connectivity index (χ3v) is 6.75. The summed E-state index contributed by atoms with van der Waals surface area (Å²) >= 11 is 0. The monoisotopic (exact) mass is 383 g/mol. The normalized spacial score (nSPS) is 35.5. The number of piperidine rings is 1. The summed E-state index contributed by atoms with van der Waals surface area (Å²) in [6, 6.07) is 6.11. The van der Waals surface area contributed by atoms with E-state index in [-0.39, 0.29) is 17.0 Å². The molecule has 3 heterocycles. The van der Waals surface area contributed by atoms with Gasteiger partial charge in [-0.25, -0.2) is 0 Å². The van der Waals surface area contributed by atoms with Crippen LogP contribution >= 0.6 is 0 Å². The molecule has 8 heteroatoms. The van der Waals surface area contributed by atoms with Gasteiger partial charge in [0.1, 0.15) is 12.2 Å². The molecule has 7 nitrogen and oxygen atoms in total.